The van der Waals surface area contributed by atoms with Gasteiger partial charge in [0.15, 0.2) is 0 Å². The molecule has 1 atom stereocenters. The normalized spacial score (nSPS) is 19.9. The second-order valence-corrected chi connectivity index (χ2v) is 4.62. The van der Waals surface area contributed by atoms with E-state index in [1.807, 2.05) is 4.90 Å². The zero-order valence-electron chi connectivity index (χ0n) is 9.33. The first kappa shape index (κ1) is 11.5. The third-order valence-electron chi connectivity index (χ3n) is 2.71. The van der Waals surface area contributed by atoms with Crippen LogP contribution in [-0.4, -0.2) is 29.9 Å². The maximum absolute atomic E-state index is 11.8. The average Bonchev–Trinajstić information content (AvgIpc) is 2.17. The van der Waals surface area contributed by atoms with Crippen LogP contribution < -0.4 is 5.73 Å². The van der Waals surface area contributed by atoms with Gasteiger partial charge in [0.05, 0.1) is 6.04 Å². The van der Waals surface area contributed by atoms with E-state index in [4.69, 9.17) is 5.73 Å². The van der Waals surface area contributed by atoms with Crippen LogP contribution >= 0.6 is 0 Å². The minimum atomic E-state index is -0.284. The van der Waals surface area contributed by atoms with Gasteiger partial charge in [-0.1, -0.05) is 13.8 Å². The molecule has 1 rings (SSSR count). The van der Waals surface area contributed by atoms with Crippen LogP contribution in [0.1, 0.15) is 39.5 Å². The van der Waals surface area contributed by atoms with Crippen LogP contribution in [0.4, 0.5) is 0 Å². The lowest BCUT2D eigenvalue weighted by atomic mass is 10.0. The van der Waals surface area contributed by atoms with Crippen molar-refractivity contribution in [2.75, 3.05) is 13.1 Å². The molecule has 14 heavy (non-hydrogen) atoms. The molecule has 0 aromatic rings. The number of amides is 1. The van der Waals surface area contributed by atoms with Crippen molar-refractivity contribution in [3.05, 3.63) is 0 Å². The molecule has 3 heteroatoms. The van der Waals surface area contributed by atoms with Gasteiger partial charge in [-0.15, -0.1) is 0 Å². The van der Waals surface area contributed by atoms with Crippen LogP contribution in [-0.2, 0) is 4.79 Å². The lowest BCUT2D eigenvalue weighted by molar-refractivity contribution is -0.133. The standard InChI is InChI=1S/C11H22N2O/c1-9(2)8-10(12)11(14)13-6-4-3-5-7-13/h9-10H,3-8,12H2,1-2H3/t10-/m0/s1. The molecule has 0 aromatic heterocycles. The predicted molar refractivity (Wildman–Crippen MR) is 57.9 cm³/mol. The molecule has 1 amide bonds. The number of likely N-dealkylation sites (tertiary alicyclic amines) is 1. The Morgan fingerprint density at radius 1 is 1.29 bits per heavy atom. The van der Waals surface area contributed by atoms with E-state index in [2.05, 4.69) is 13.8 Å². The summed E-state index contributed by atoms with van der Waals surface area (Å²) >= 11 is 0. The van der Waals surface area contributed by atoms with Gasteiger partial charge in [0.1, 0.15) is 0 Å². The van der Waals surface area contributed by atoms with Crippen molar-refractivity contribution in [2.24, 2.45) is 11.7 Å². The molecule has 0 unspecified atom stereocenters. The van der Waals surface area contributed by atoms with Crippen molar-refractivity contribution < 1.29 is 4.79 Å². The number of carbonyl (C=O) groups is 1. The molecular formula is C11H22N2O. The highest BCUT2D eigenvalue weighted by atomic mass is 16.2. The summed E-state index contributed by atoms with van der Waals surface area (Å²) < 4.78 is 0. The molecule has 82 valence electrons. The molecule has 0 spiro atoms. The van der Waals surface area contributed by atoms with E-state index in [-0.39, 0.29) is 11.9 Å². The summed E-state index contributed by atoms with van der Waals surface area (Å²) in [5, 5.41) is 0. The molecule has 1 saturated heterocycles. The summed E-state index contributed by atoms with van der Waals surface area (Å²) in [6.07, 6.45) is 4.33. The predicted octanol–water partition coefficient (Wildman–Crippen LogP) is 1.37. The molecule has 1 aliphatic rings. The van der Waals surface area contributed by atoms with Crippen LogP contribution in [0.25, 0.3) is 0 Å². The number of hydrogen-bond acceptors (Lipinski definition) is 2. The Labute approximate surface area is 86.6 Å². The Bertz CT molecular complexity index is 186. The number of nitrogens with zero attached hydrogens (tertiary/aromatic N) is 1. The van der Waals surface area contributed by atoms with Gasteiger partial charge in [-0.3, -0.25) is 4.79 Å². The maximum Gasteiger partial charge on any atom is 0.239 e. The smallest absolute Gasteiger partial charge is 0.239 e. The number of nitrogens with two attached hydrogens (primary N) is 1. The van der Waals surface area contributed by atoms with Crippen LogP contribution in [0.15, 0.2) is 0 Å². The number of carbonyl (C=O) groups excluding carboxylic acids is 1. The quantitative estimate of drug-likeness (QED) is 0.744. The van der Waals surface area contributed by atoms with Gasteiger partial charge in [-0.05, 0) is 31.6 Å². The van der Waals surface area contributed by atoms with Crippen molar-refractivity contribution in [3.63, 3.8) is 0 Å². The Morgan fingerprint density at radius 2 is 1.86 bits per heavy atom. The average molecular weight is 198 g/mol. The van der Waals surface area contributed by atoms with Gasteiger partial charge in [0.25, 0.3) is 0 Å². The van der Waals surface area contributed by atoms with E-state index in [1.54, 1.807) is 0 Å². The number of hydrogen-bond donors (Lipinski definition) is 1. The molecule has 0 saturated carbocycles. The van der Waals surface area contributed by atoms with E-state index in [1.165, 1.54) is 6.42 Å². The molecule has 0 aromatic carbocycles. The number of rotatable bonds is 3. The first-order valence-electron chi connectivity index (χ1n) is 5.65. The third kappa shape index (κ3) is 3.29. The summed E-state index contributed by atoms with van der Waals surface area (Å²) in [5.41, 5.74) is 5.86. The van der Waals surface area contributed by atoms with Gasteiger partial charge in [0, 0.05) is 13.1 Å². The lowest BCUT2D eigenvalue weighted by Gasteiger charge is -2.29. The Morgan fingerprint density at radius 3 is 2.36 bits per heavy atom. The fraction of sp³-hybridized carbons (Fsp3) is 0.909. The van der Waals surface area contributed by atoms with Crippen LogP contribution in [0.2, 0.25) is 0 Å². The summed E-state index contributed by atoms with van der Waals surface area (Å²) in [7, 11) is 0. The first-order valence-corrected chi connectivity index (χ1v) is 5.65. The van der Waals surface area contributed by atoms with E-state index < -0.39 is 0 Å². The minimum absolute atomic E-state index is 0.151. The van der Waals surface area contributed by atoms with E-state index in [9.17, 15) is 4.79 Å². The van der Waals surface area contributed by atoms with Crippen molar-refractivity contribution in [1.29, 1.82) is 0 Å². The van der Waals surface area contributed by atoms with Gasteiger partial charge in [0.2, 0.25) is 5.91 Å². The highest BCUT2D eigenvalue weighted by molar-refractivity contribution is 5.81. The molecule has 2 N–H and O–H groups in total. The monoisotopic (exact) mass is 198 g/mol. The van der Waals surface area contributed by atoms with Crippen LogP contribution in [0, 0.1) is 5.92 Å². The molecule has 0 bridgehead atoms. The van der Waals surface area contributed by atoms with Crippen LogP contribution in [0.3, 0.4) is 0 Å². The number of piperidine rings is 1. The van der Waals surface area contributed by atoms with E-state index in [0.29, 0.717) is 5.92 Å². The van der Waals surface area contributed by atoms with Gasteiger partial charge in [-0.25, -0.2) is 0 Å². The molecule has 0 radical (unpaired) electrons. The Kier molecular flexibility index (Phi) is 4.39. The van der Waals surface area contributed by atoms with E-state index >= 15 is 0 Å². The summed E-state index contributed by atoms with van der Waals surface area (Å²) in [6, 6.07) is -0.284. The van der Waals surface area contributed by atoms with E-state index in [0.717, 1.165) is 32.4 Å². The van der Waals surface area contributed by atoms with Gasteiger partial charge in [-0.2, -0.15) is 0 Å². The molecule has 0 aliphatic carbocycles. The second-order valence-electron chi connectivity index (χ2n) is 4.62. The van der Waals surface area contributed by atoms with Gasteiger partial charge < -0.3 is 10.6 Å². The highest BCUT2D eigenvalue weighted by Crippen LogP contribution is 2.12. The molecular weight excluding hydrogens is 176 g/mol. The zero-order chi connectivity index (χ0) is 10.6. The zero-order valence-corrected chi connectivity index (χ0v) is 9.33. The summed E-state index contributed by atoms with van der Waals surface area (Å²) in [6.45, 7) is 6.02. The van der Waals surface area contributed by atoms with Crippen molar-refractivity contribution in [3.8, 4) is 0 Å². The molecule has 1 heterocycles. The summed E-state index contributed by atoms with van der Waals surface area (Å²) in [5.74, 6) is 0.650. The molecule has 1 fully saturated rings. The lowest BCUT2D eigenvalue weighted by Crippen LogP contribution is -2.46. The van der Waals surface area contributed by atoms with Crippen molar-refractivity contribution >= 4 is 5.91 Å². The van der Waals surface area contributed by atoms with Gasteiger partial charge >= 0.3 is 0 Å². The van der Waals surface area contributed by atoms with Crippen molar-refractivity contribution in [1.82, 2.24) is 4.90 Å². The third-order valence-corrected chi connectivity index (χ3v) is 2.71. The Hall–Kier alpha value is -0.570. The SMILES string of the molecule is CC(C)C[C@H](N)C(=O)N1CCCCC1. The topological polar surface area (TPSA) is 46.3 Å². The Balaban J connectivity index is 2.38. The molecule has 3 nitrogen and oxygen atoms in total. The minimum Gasteiger partial charge on any atom is -0.341 e. The van der Waals surface area contributed by atoms with Crippen LogP contribution in [0.5, 0.6) is 0 Å². The highest BCUT2D eigenvalue weighted by Gasteiger charge is 2.22. The first-order chi connectivity index (χ1) is 6.61. The largest absolute Gasteiger partial charge is 0.341 e. The summed E-state index contributed by atoms with van der Waals surface area (Å²) in [4.78, 5) is 13.8. The fourth-order valence-electron chi connectivity index (χ4n) is 1.96. The second kappa shape index (κ2) is 5.35. The molecule has 1 aliphatic heterocycles. The van der Waals surface area contributed by atoms with Crippen molar-refractivity contribution in [2.45, 2.75) is 45.6 Å². The maximum atomic E-state index is 11.8. The fourth-order valence-corrected chi connectivity index (χ4v) is 1.96.